The van der Waals surface area contributed by atoms with Gasteiger partial charge in [0, 0.05) is 28.9 Å². The van der Waals surface area contributed by atoms with Crippen LogP contribution in [-0.2, 0) is 11.3 Å². The molecular formula is C22H22FN5O3S. The zero-order valence-corrected chi connectivity index (χ0v) is 18.2. The molecule has 2 aromatic heterocycles. The van der Waals surface area contributed by atoms with Gasteiger partial charge in [-0.15, -0.1) is 0 Å². The van der Waals surface area contributed by atoms with Crippen molar-refractivity contribution in [2.24, 2.45) is 0 Å². The molecule has 3 N–H and O–H groups in total. The minimum Gasteiger partial charge on any atom is -0.462 e. The molecule has 10 heteroatoms. The Morgan fingerprint density at radius 3 is 2.69 bits per heavy atom. The van der Waals surface area contributed by atoms with Crippen molar-refractivity contribution in [3.8, 4) is 0 Å². The Morgan fingerprint density at radius 1 is 1.16 bits per heavy atom. The van der Waals surface area contributed by atoms with Crippen molar-refractivity contribution in [2.75, 3.05) is 17.2 Å². The van der Waals surface area contributed by atoms with E-state index in [1.807, 2.05) is 0 Å². The topological polar surface area (TPSA) is 105 Å². The number of carbonyl (C=O) groups excluding carboxylic acids is 2. The van der Waals surface area contributed by atoms with Gasteiger partial charge in [-0.25, -0.2) is 19.2 Å². The molecule has 0 aliphatic heterocycles. The molecule has 0 atom stereocenters. The number of nitrogens with one attached hydrogen (secondary N) is 3. The molecule has 1 aliphatic rings. The number of halogens is 1. The molecule has 1 aromatic carbocycles. The SMILES string of the molecule is CCOC(=O)c1ccc(Nc2ncc(CNc3cc(C(=O)NC4CC4)ccc3F)s2)nc1. The van der Waals surface area contributed by atoms with Crippen molar-refractivity contribution >= 4 is 39.9 Å². The van der Waals surface area contributed by atoms with Crippen LogP contribution in [0.3, 0.4) is 0 Å². The number of hydrogen-bond acceptors (Lipinski definition) is 8. The van der Waals surface area contributed by atoms with E-state index in [-0.39, 0.29) is 17.6 Å². The molecule has 0 unspecified atom stereocenters. The van der Waals surface area contributed by atoms with E-state index in [0.717, 1.165) is 17.7 Å². The number of rotatable bonds is 9. The predicted molar refractivity (Wildman–Crippen MR) is 120 cm³/mol. The molecule has 32 heavy (non-hydrogen) atoms. The van der Waals surface area contributed by atoms with Crippen LogP contribution in [-0.4, -0.2) is 34.5 Å². The van der Waals surface area contributed by atoms with Crippen molar-refractivity contribution in [1.29, 1.82) is 0 Å². The largest absolute Gasteiger partial charge is 0.462 e. The Balaban J connectivity index is 1.34. The summed E-state index contributed by atoms with van der Waals surface area (Å²) >= 11 is 1.38. The molecule has 166 valence electrons. The number of ether oxygens (including phenoxy) is 1. The molecule has 2 heterocycles. The number of nitrogens with zero attached hydrogens (tertiary/aromatic N) is 2. The smallest absolute Gasteiger partial charge is 0.339 e. The maximum absolute atomic E-state index is 14.2. The van der Waals surface area contributed by atoms with Crippen LogP contribution >= 0.6 is 11.3 Å². The van der Waals surface area contributed by atoms with E-state index in [9.17, 15) is 14.0 Å². The van der Waals surface area contributed by atoms with Gasteiger partial charge in [0.15, 0.2) is 5.13 Å². The fourth-order valence-electron chi connectivity index (χ4n) is 2.84. The van der Waals surface area contributed by atoms with E-state index < -0.39 is 11.8 Å². The van der Waals surface area contributed by atoms with Gasteiger partial charge in [-0.3, -0.25) is 4.79 Å². The van der Waals surface area contributed by atoms with Crippen molar-refractivity contribution in [2.45, 2.75) is 32.4 Å². The fraction of sp³-hybridized carbons (Fsp3) is 0.273. The van der Waals surface area contributed by atoms with Crippen LogP contribution in [0.5, 0.6) is 0 Å². The lowest BCUT2D eigenvalue weighted by Gasteiger charge is -2.09. The summed E-state index contributed by atoms with van der Waals surface area (Å²) in [6.07, 6.45) is 5.09. The van der Waals surface area contributed by atoms with Crippen LogP contribution in [0.4, 0.5) is 21.0 Å². The number of anilines is 3. The Bertz CT molecular complexity index is 1120. The van der Waals surface area contributed by atoms with E-state index in [1.54, 1.807) is 25.3 Å². The molecule has 4 rings (SSSR count). The molecule has 0 radical (unpaired) electrons. The summed E-state index contributed by atoms with van der Waals surface area (Å²) < 4.78 is 19.1. The summed E-state index contributed by atoms with van der Waals surface area (Å²) in [6, 6.07) is 7.81. The van der Waals surface area contributed by atoms with Crippen LogP contribution in [0.2, 0.25) is 0 Å². The molecule has 1 fully saturated rings. The van der Waals surface area contributed by atoms with E-state index in [4.69, 9.17) is 4.74 Å². The Labute approximate surface area is 188 Å². The number of hydrogen-bond donors (Lipinski definition) is 3. The van der Waals surface area contributed by atoms with E-state index >= 15 is 0 Å². The van der Waals surface area contributed by atoms with Crippen LogP contribution < -0.4 is 16.0 Å². The van der Waals surface area contributed by atoms with Gasteiger partial charge < -0.3 is 20.7 Å². The number of amides is 1. The zero-order chi connectivity index (χ0) is 22.5. The second kappa shape index (κ2) is 9.73. The first-order valence-corrected chi connectivity index (χ1v) is 11.0. The highest BCUT2D eigenvalue weighted by Gasteiger charge is 2.24. The minimum absolute atomic E-state index is 0.193. The highest BCUT2D eigenvalue weighted by atomic mass is 32.1. The van der Waals surface area contributed by atoms with Crippen molar-refractivity contribution in [1.82, 2.24) is 15.3 Å². The molecule has 8 nitrogen and oxygen atoms in total. The Morgan fingerprint density at radius 2 is 1.97 bits per heavy atom. The maximum atomic E-state index is 14.2. The first-order valence-electron chi connectivity index (χ1n) is 10.2. The molecule has 1 amide bonds. The summed E-state index contributed by atoms with van der Waals surface area (Å²) in [5.41, 5.74) is 1.05. The number of aromatic nitrogens is 2. The number of benzene rings is 1. The highest BCUT2D eigenvalue weighted by molar-refractivity contribution is 7.15. The number of thiazole rings is 1. The van der Waals surface area contributed by atoms with Crippen molar-refractivity contribution < 1.29 is 18.7 Å². The Hall–Kier alpha value is -3.53. The van der Waals surface area contributed by atoms with E-state index in [0.29, 0.717) is 35.2 Å². The summed E-state index contributed by atoms with van der Waals surface area (Å²) in [5, 5.41) is 9.60. The number of pyridine rings is 1. The monoisotopic (exact) mass is 455 g/mol. The van der Waals surface area contributed by atoms with Crippen LogP contribution in [0.15, 0.2) is 42.7 Å². The van der Waals surface area contributed by atoms with Crippen molar-refractivity contribution in [3.63, 3.8) is 0 Å². The molecule has 1 aliphatic carbocycles. The van der Waals surface area contributed by atoms with Gasteiger partial charge in [-0.05, 0) is 50.1 Å². The van der Waals surface area contributed by atoms with Crippen molar-refractivity contribution in [3.05, 3.63) is 64.5 Å². The second-order valence-corrected chi connectivity index (χ2v) is 8.32. The average molecular weight is 456 g/mol. The van der Waals surface area contributed by atoms with Crippen LogP contribution in [0.1, 0.15) is 45.4 Å². The molecule has 3 aromatic rings. The molecular weight excluding hydrogens is 433 g/mol. The summed E-state index contributed by atoms with van der Waals surface area (Å²) in [6.45, 7) is 2.39. The molecule has 0 saturated heterocycles. The third kappa shape index (κ3) is 5.58. The maximum Gasteiger partial charge on any atom is 0.339 e. The molecule has 1 saturated carbocycles. The quantitative estimate of drug-likeness (QED) is 0.417. The van der Waals surface area contributed by atoms with Gasteiger partial charge >= 0.3 is 5.97 Å². The van der Waals surface area contributed by atoms with Gasteiger partial charge in [-0.1, -0.05) is 11.3 Å². The van der Waals surface area contributed by atoms with E-state index in [2.05, 4.69) is 25.9 Å². The van der Waals surface area contributed by atoms with Gasteiger partial charge in [0.2, 0.25) is 0 Å². The fourth-order valence-corrected chi connectivity index (χ4v) is 3.60. The van der Waals surface area contributed by atoms with Crippen LogP contribution in [0.25, 0.3) is 0 Å². The first-order chi connectivity index (χ1) is 15.5. The lowest BCUT2D eigenvalue weighted by Crippen LogP contribution is -2.25. The minimum atomic E-state index is -0.429. The standard InChI is InChI=1S/C22H22FN5O3S/c1-2-31-21(30)14-4-8-19(25-10-14)28-22-26-12-16(32-22)11-24-18-9-13(3-7-17(18)23)20(29)27-15-5-6-15/h3-4,7-10,12,15,24H,2,5-6,11H2,1H3,(H,27,29)(H,25,26,28). The highest BCUT2D eigenvalue weighted by Crippen LogP contribution is 2.24. The summed E-state index contributed by atoms with van der Waals surface area (Å²) in [5.74, 6) is -0.508. The third-order valence-corrected chi connectivity index (χ3v) is 5.57. The average Bonchev–Trinajstić information content (AvgIpc) is 3.49. The first kappa shape index (κ1) is 21.7. The second-order valence-electron chi connectivity index (χ2n) is 7.21. The Kier molecular flexibility index (Phi) is 6.60. The van der Waals surface area contributed by atoms with Gasteiger partial charge in [0.1, 0.15) is 11.6 Å². The third-order valence-electron chi connectivity index (χ3n) is 4.66. The van der Waals surface area contributed by atoms with Crippen LogP contribution in [0, 0.1) is 5.82 Å². The predicted octanol–water partition coefficient (Wildman–Crippen LogP) is 4.10. The lowest BCUT2D eigenvalue weighted by atomic mass is 10.1. The van der Waals surface area contributed by atoms with E-state index in [1.165, 1.54) is 35.7 Å². The lowest BCUT2D eigenvalue weighted by molar-refractivity contribution is 0.0525. The van der Waals surface area contributed by atoms with Gasteiger partial charge in [0.05, 0.1) is 24.4 Å². The zero-order valence-electron chi connectivity index (χ0n) is 17.4. The van der Waals surface area contributed by atoms with Gasteiger partial charge in [0.25, 0.3) is 5.91 Å². The molecule has 0 spiro atoms. The normalized spacial score (nSPS) is 12.8. The van der Waals surface area contributed by atoms with Gasteiger partial charge in [-0.2, -0.15) is 0 Å². The number of carbonyl (C=O) groups is 2. The number of esters is 1. The summed E-state index contributed by atoms with van der Waals surface area (Å²) in [4.78, 5) is 33.2. The summed E-state index contributed by atoms with van der Waals surface area (Å²) in [7, 11) is 0. The molecule has 0 bridgehead atoms.